The van der Waals surface area contributed by atoms with E-state index in [4.69, 9.17) is 21.3 Å². The van der Waals surface area contributed by atoms with Crippen molar-refractivity contribution in [2.45, 2.75) is 13.3 Å². The minimum absolute atomic E-state index is 0.0499. The van der Waals surface area contributed by atoms with Crippen molar-refractivity contribution in [3.05, 3.63) is 57.0 Å². The maximum atomic E-state index is 13.4. The van der Waals surface area contributed by atoms with Crippen LogP contribution in [0.25, 0.3) is 10.2 Å². The molecule has 158 valence electrons. The highest BCUT2D eigenvalue weighted by Crippen LogP contribution is 2.36. The average molecular weight is 509 g/mol. The van der Waals surface area contributed by atoms with Crippen molar-refractivity contribution in [1.29, 1.82) is 0 Å². The number of amides is 1. The van der Waals surface area contributed by atoms with Gasteiger partial charge in [-0.15, -0.1) is 0 Å². The number of carbonyl (C=O) groups excluding carboxylic acids is 1. The van der Waals surface area contributed by atoms with E-state index >= 15 is 0 Å². The number of morpholine rings is 1. The van der Waals surface area contributed by atoms with Gasteiger partial charge in [0, 0.05) is 36.2 Å². The van der Waals surface area contributed by atoms with Crippen molar-refractivity contribution in [3.8, 4) is 0 Å². The number of thiazole rings is 1. The maximum absolute atomic E-state index is 13.4. The lowest BCUT2D eigenvalue weighted by molar-refractivity contribution is 0.0376. The molecule has 0 radical (unpaired) electrons. The molecule has 2 heterocycles. The molecule has 1 aromatic heterocycles. The molecule has 0 aliphatic carbocycles. The topological polar surface area (TPSA) is 45.7 Å². The lowest BCUT2D eigenvalue weighted by atomic mass is 10.2. The number of fused-ring (bicyclic) bond motifs is 1. The van der Waals surface area contributed by atoms with Gasteiger partial charge >= 0.3 is 0 Å². The van der Waals surface area contributed by atoms with Gasteiger partial charge in [0.2, 0.25) is 0 Å². The van der Waals surface area contributed by atoms with Crippen LogP contribution in [0.2, 0.25) is 5.02 Å². The Balaban J connectivity index is 1.61. The lowest BCUT2D eigenvalue weighted by Crippen LogP contribution is -2.39. The van der Waals surface area contributed by atoms with Gasteiger partial charge in [-0.2, -0.15) is 0 Å². The molecule has 30 heavy (non-hydrogen) atoms. The average Bonchev–Trinajstić information content (AvgIpc) is 3.21. The second kappa shape index (κ2) is 9.75. The summed E-state index contributed by atoms with van der Waals surface area (Å²) >= 11 is 11.4. The summed E-state index contributed by atoms with van der Waals surface area (Å²) in [5, 5.41) is 1.36. The second-order valence-corrected chi connectivity index (χ2v) is 9.61. The minimum Gasteiger partial charge on any atom is -0.379 e. The first-order chi connectivity index (χ1) is 14.5. The smallest absolute Gasteiger partial charge is 0.260 e. The van der Waals surface area contributed by atoms with E-state index in [-0.39, 0.29) is 5.91 Å². The normalized spacial score (nSPS) is 14.9. The van der Waals surface area contributed by atoms with E-state index in [1.54, 1.807) is 4.90 Å². The van der Waals surface area contributed by atoms with Gasteiger partial charge in [-0.1, -0.05) is 51.0 Å². The molecule has 1 aliphatic rings. The highest BCUT2D eigenvalue weighted by atomic mass is 79.9. The summed E-state index contributed by atoms with van der Waals surface area (Å²) in [6, 6.07) is 11.3. The first-order valence-corrected chi connectivity index (χ1v) is 11.9. The number of anilines is 1. The van der Waals surface area contributed by atoms with Gasteiger partial charge in [-0.05, 0) is 43.2 Å². The van der Waals surface area contributed by atoms with E-state index in [1.807, 2.05) is 43.3 Å². The fourth-order valence-corrected chi connectivity index (χ4v) is 5.29. The SMILES string of the molecule is Cc1ccc(Cl)c2sc(N(CCCN3CCOCC3)C(=O)c3cccc(Br)c3)nc12. The summed E-state index contributed by atoms with van der Waals surface area (Å²) in [5.41, 5.74) is 2.56. The quantitative estimate of drug-likeness (QED) is 0.448. The molecule has 0 unspecified atom stereocenters. The van der Waals surface area contributed by atoms with Crippen LogP contribution in [-0.2, 0) is 4.74 Å². The zero-order valence-corrected chi connectivity index (χ0v) is 19.9. The van der Waals surface area contributed by atoms with E-state index in [0.29, 0.717) is 22.3 Å². The van der Waals surface area contributed by atoms with Gasteiger partial charge in [0.1, 0.15) is 0 Å². The number of benzene rings is 2. The van der Waals surface area contributed by atoms with Crippen LogP contribution >= 0.6 is 38.9 Å². The van der Waals surface area contributed by atoms with Crippen molar-refractivity contribution in [3.63, 3.8) is 0 Å². The van der Waals surface area contributed by atoms with Crippen LogP contribution in [0.5, 0.6) is 0 Å². The Morgan fingerprint density at radius 1 is 1.30 bits per heavy atom. The van der Waals surface area contributed by atoms with Crippen molar-refractivity contribution >= 4 is 60.1 Å². The Hall–Kier alpha value is -1.51. The van der Waals surface area contributed by atoms with Gasteiger partial charge in [0.05, 0.1) is 28.5 Å². The van der Waals surface area contributed by atoms with E-state index < -0.39 is 0 Å². The van der Waals surface area contributed by atoms with Crippen molar-refractivity contribution in [2.75, 3.05) is 44.3 Å². The largest absolute Gasteiger partial charge is 0.379 e. The Kier molecular flexibility index (Phi) is 7.05. The number of aromatic nitrogens is 1. The molecule has 2 aromatic carbocycles. The third-order valence-electron chi connectivity index (χ3n) is 5.19. The highest BCUT2D eigenvalue weighted by molar-refractivity contribution is 9.10. The van der Waals surface area contributed by atoms with Gasteiger partial charge in [-0.3, -0.25) is 14.6 Å². The zero-order valence-electron chi connectivity index (χ0n) is 16.7. The summed E-state index contributed by atoms with van der Waals surface area (Å²) in [7, 11) is 0. The maximum Gasteiger partial charge on any atom is 0.260 e. The Labute approximate surface area is 193 Å². The van der Waals surface area contributed by atoms with Crippen LogP contribution in [0.1, 0.15) is 22.3 Å². The number of aryl methyl sites for hydroxylation is 1. The Morgan fingerprint density at radius 3 is 2.83 bits per heavy atom. The number of rotatable bonds is 6. The van der Waals surface area contributed by atoms with Crippen LogP contribution in [-0.4, -0.2) is 55.2 Å². The molecule has 0 N–H and O–H groups in total. The van der Waals surface area contributed by atoms with Crippen LogP contribution < -0.4 is 4.90 Å². The Morgan fingerprint density at radius 2 is 2.10 bits per heavy atom. The molecule has 3 aromatic rings. The predicted octanol–water partition coefficient (Wildman–Crippen LogP) is 5.39. The monoisotopic (exact) mass is 507 g/mol. The molecule has 8 heteroatoms. The van der Waals surface area contributed by atoms with E-state index in [0.717, 1.165) is 59.5 Å². The molecular weight excluding hydrogens is 486 g/mol. The molecule has 1 saturated heterocycles. The molecule has 4 rings (SSSR count). The molecule has 0 saturated carbocycles. The van der Waals surface area contributed by atoms with E-state index in [2.05, 4.69) is 20.8 Å². The molecule has 1 aliphatic heterocycles. The first kappa shape index (κ1) is 21.7. The molecule has 0 spiro atoms. The second-order valence-electron chi connectivity index (χ2n) is 7.31. The standard InChI is InChI=1S/C22H23BrClN3O2S/c1-15-6-7-18(24)20-19(15)25-22(30-20)27(9-3-8-26-10-12-29-13-11-26)21(28)16-4-2-5-17(23)14-16/h2,4-7,14H,3,8-13H2,1H3. The molecule has 0 atom stereocenters. The lowest BCUT2D eigenvalue weighted by Gasteiger charge is -2.27. The Bertz CT molecular complexity index is 1010. The number of halogens is 2. The number of nitrogens with zero attached hydrogens (tertiary/aromatic N) is 3. The van der Waals surface area contributed by atoms with E-state index in [1.165, 1.54) is 11.3 Å². The summed E-state index contributed by atoms with van der Waals surface area (Å²) < 4.78 is 7.23. The van der Waals surface area contributed by atoms with Crippen LogP contribution in [0.4, 0.5) is 5.13 Å². The molecule has 1 fully saturated rings. The number of hydrogen-bond donors (Lipinski definition) is 0. The third-order valence-corrected chi connectivity index (χ3v) is 7.23. The molecular formula is C22H23BrClN3O2S. The zero-order chi connectivity index (χ0) is 21.1. The van der Waals surface area contributed by atoms with Gasteiger partial charge in [-0.25, -0.2) is 4.98 Å². The molecule has 5 nitrogen and oxygen atoms in total. The number of ether oxygens (including phenoxy) is 1. The van der Waals surface area contributed by atoms with Crippen LogP contribution in [0.15, 0.2) is 40.9 Å². The number of hydrogen-bond acceptors (Lipinski definition) is 5. The van der Waals surface area contributed by atoms with Gasteiger partial charge in [0.25, 0.3) is 5.91 Å². The van der Waals surface area contributed by atoms with Crippen molar-refractivity contribution in [2.24, 2.45) is 0 Å². The first-order valence-electron chi connectivity index (χ1n) is 9.96. The summed E-state index contributed by atoms with van der Waals surface area (Å²) in [4.78, 5) is 22.4. The minimum atomic E-state index is -0.0499. The van der Waals surface area contributed by atoms with Crippen LogP contribution in [0, 0.1) is 6.92 Å². The third kappa shape index (κ3) is 4.86. The van der Waals surface area contributed by atoms with E-state index in [9.17, 15) is 4.79 Å². The highest BCUT2D eigenvalue weighted by Gasteiger charge is 2.23. The van der Waals surface area contributed by atoms with Crippen molar-refractivity contribution < 1.29 is 9.53 Å². The molecule has 1 amide bonds. The fraction of sp³-hybridized carbons (Fsp3) is 0.364. The predicted molar refractivity (Wildman–Crippen MR) is 127 cm³/mol. The number of carbonyl (C=O) groups is 1. The van der Waals surface area contributed by atoms with Crippen LogP contribution in [0.3, 0.4) is 0 Å². The summed E-state index contributed by atoms with van der Waals surface area (Å²) in [6.45, 7) is 6.97. The fourth-order valence-electron chi connectivity index (χ4n) is 3.54. The molecule has 0 bridgehead atoms. The van der Waals surface area contributed by atoms with Gasteiger partial charge in [0.15, 0.2) is 5.13 Å². The van der Waals surface area contributed by atoms with Crippen molar-refractivity contribution in [1.82, 2.24) is 9.88 Å². The summed E-state index contributed by atoms with van der Waals surface area (Å²) in [6.07, 6.45) is 0.863. The van der Waals surface area contributed by atoms with Gasteiger partial charge < -0.3 is 4.74 Å². The summed E-state index contributed by atoms with van der Waals surface area (Å²) in [5.74, 6) is -0.0499.